The molecule has 2 aliphatic rings. The Morgan fingerprint density at radius 3 is 2.62 bits per heavy atom. The average molecular weight is 464 g/mol. The van der Waals surface area contributed by atoms with E-state index in [9.17, 15) is 19.1 Å². The Morgan fingerprint density at radius 1 is 1.21 bits per heavy atom. The van der Waals surface area contributed by atoms with Crippen molar-refractivity contribution in [2.24, 2.45) is 0 Å². The van der Waals surface area contributed by atoms with E-state index < -0.39 is 18.2 Å². The summed E-state index contributed by atoms with van der Waals surface area (Å²) in [4.78, 5) is 10.6. The number of anilines is 1. The monoisotopic (exact) mass is 464 g/mol. The zero-order valence-electron chi connectivity index (χ0n) is 18.1. The molecule has 4 heterocycles. The SMILES string of the molecule is Cc1nc2c(C#N)c(C(F)F)nn2c(N2CC(O)C2)c1-c1ccnc2c(F)c(C3CC3)ccc12. The smallest absolute Gasteiger partial charge is 0.283 e. The fourth-order valence-electron chi connectivity index (χ4n) is 4.78. The van der Waals surface area contributed by atoms with E-state index in [0.29, 0.717) is 33.6 Å². The first-order valence-electron chi connectivity index (χ1n) is 11.0. The molecule has 0 spiro atoms. The predicted molar refractivity (Wildman–Crippen MR) is 118 cm³/mol. The molecular formula is C24H19F3N6O. The second-order valence-corrected chi connectivity index (χ2v) is 8.86. The molecule has 0 bridgehead atoms. The first-order valence-corrected chi connectivity index (χ1v) is 11.0. The van der Waals surface area contributed by atoms with Crippen molar-refractivity contribution >= 4 is 22.4 Å². The number of halogens is 3. The molecule has 1 aliphatic carbocycles. The van der Waals surface area contributed by atoms with Gasteiger partial charge in [0.05, 0.1) is 11.8 Å². The van der Waals surface area contributed by atoms with Crippen LogP contribution < -0.4 is 4.90 Å². The zero-order valence-corrected chi connectivity index (χ0v) is 18.1. The summed E-state index contributed by atoms with van der Waals surface area (Å²) in [6, 6.07) is 7.15. The minimum Gasteiger partial charge on any atom is -0.389 e. The van der Waals surface area contributed by atoms with Gasteiger partial charge in [-0.2, -0.15) is 14.9 Å². The second kappa shape index (κ2) is 7.40. The van der Waals surface area contributed by atoms with Crippen molar-refractivity contribution in [3.63, 3.8) is 0 Å². The van der Waals surface area contributed by atoms with E-state index in [0.717, 1.165) is 12.8 Å². The lowest BCUT2D eigenvalue weighted by Crippen LogP contribution is -2.51. The molecule has 172 valence electrons. The Balaban J connectivity index is 1.67. The highest BCUT2D eigenvalue weighted by Gasteiger charge is 2.34. The summed E-state index contributed by atoms with van der Waals surface area (Å²) in [5.74, 6) is 0.296. The number of aryl methyl sites for hydroxylation is 1. The molecule has 0 radical (unpaired) electrons. The van der Waals surface area contributed by atoms with Gasteiger partial charge in [-0.1, -0.05) is 12.1 Å². The summed E-state index contributed by atoms with van der Waals surface area (Å²) < 4.78 is 43.9. The van der Waals surface area contributed by atoms with Crippen LogP contribution >= 0.6 is 0 Å². The van der Waals surface area contributed by atoms with Gasteiger partial charge in [-0.25, -0.2) is 18.2 Å². The fraction of sp³-hybridized carbons (Fsp3) is 0.333. The highest BCUT2D eigenvalue weighted by molar-refractivity contribution is 5.99. The number of rotatable bonds is 4. The third kappa shape index (κ3) is 2.97. The summed E-state index contributed by atoms with van der Waals surface area (Å²) in [6.45, 7) is 2.24. The Bertz CT molecular complexity index is 1520. The van der Waals surface area contributed by atoms with Crippen molar-refractivity contribution < 1.29 is 18.3 Å². The number of β-amino-alcohol motifs (C(OH)–C–C–N with tert-alkyl or cyclic N) is 1. The van der Waals surface area contributed by atoms with Gasteiger partial charge in [0.25, 0.3) is 6.43 Å². The number of nitriles is 1. The molecule has 1 saturated carbocycles. The second-order valence-electron chi connectivity index (χ2n) is 8.86. The molecule has 1 aliphatic heterocycles. The molecule has 1 saturated heterocycles. The molecule has 4 aromatic rings. The quantitative estimate of drug-likeness (QED) is 0.485. The van der Waals surface area contributed by atoms with Gasteiger partial charge in [0.15, 0.2) is 11.5 Å². The highest BCUT2D eigenvalue weighted by atomic mass is 19.3. The predicted octanol–water partition coefficient (Wildman–Crippen LogP) is 4.26. The van der Waals surface area contributed by atoms with Crippen molar-refractivity contribution in [2.45, 2.75) is 38.2 Å². The van der Waals surface area contributed by atoms with E-state index in [1.54, 1.807) is 30.0 Å². The first kappa shape index (κ1) is 20.9. The van der Waals surface area contributed by atoms with Crippen LogP contribution in [-0.2, 0) is 0 Å². The van der Waals surface area contributed by atoms with Crippen LogP contribution in [0, 0.1) is 24.1 Å². The van der Waals surface area contributed by atoms with Crippen molar-refractivity contribution in [1.29, 1.82) is 5.26 Å². The number of hydrogen-bond acceptors (Lipinski definition) is 6. The van der Waals surface area contributed by atoms with Crippen molar-refractivity contribution in [2.75, 3.05) is 18.0 Å². The van der Waals surface area contributed by atoms with E-state index in [4.69, 9.17) is 0 Å². The molecular weight excluding hydrogens is 445 g/mol. The number of pyridine rings is 1. The largest absolute Gasteiger partial charge is 0.389 e. The summed E-state index contributed by atoms with van der Waals surface area (Å²) in [7, 11) is 0. The normalized spacial score (nSPS) is 16.4. The molecule has 0 atom stereocenters. The maximum absolute atomic E-state index is 15.3. The highest BCUT2D eigenvalue weighted by Crippen LogP contribution is 2.45. The van der Waals surface area contributed by atoms with E-state index in [-0.39, 0.29) is 41.6 Å². The van der Waals surface area contributed by atoms with Gasteiger partial charge in [-0.05, 0) is 42.9 Å². The number of benzene rings is 1. The Hall–Kier alpha value is -3.71. The zero-order chi connectivity index (χ0) is 23.7. The van der Waals surface area contributed by atoms with Crippen molar-refractivity contribution in [3.05, 3.63) is 52.7 Å². The van der Waals surface area contributed by atoms with Crippen LogP contribution in [0.3, 0.4) is 0 Å². The molecule has 0 amide bonds. The van der Waals surface area contributed by atoms with E-state index in [1.807, 2.05) is 6.07 Å². The molecule has 7 nitrogen and oxygen atoms in total. The Kier molecular flexibility index (Phi) is 4.54. The van der Waals surface area contributed by atoms with Crippen LogP contribution in [0.4, 0.5) is 19.0 Å². The topological polar surface area (TPSA) is 90.3 Å². The van der Waals surface area contributed by atoms with Crippen LogP contribution in [0.1, 0.15) is 47.7 Å². The number of aliphatic hydroxyl groups is 1. The molecule has 1 aromatic carbocycles. The summed E-state index contributed by atoms with van der Waals surface area (Å²) in [5, 5.41) is 24.1. The molecule has 2 fully saturated rings. The van der Waals surface area contributed by atoms with Crippen LogP contribution in [0.2, 0.25) is 0 Å². The van der Waals surface area contributed by atoms with Crippen molar-refractivity contribution in [1.82, 2.24) is 19.6 Å². The fourth-order valence-corrected chi connectivity index (χ4v) is 4.78. The average Bonchev–Trinajstić information content (AvgIpc) is 3.56. The minimum absolute atomic E-state index is 0.0241. The molecule has 34 heavy (non-hydrogen) atoms. The van der Waals surface area contributed by atoms with Crippen LogP contribution in [-0.4, -0.2) is 43.9 Å². The van der Waals surface area contributed by atoms with E-state index in [1.165, 1.54) is 10.7 Å². The lowest BCUT2D eigenvalue weighted by molar-refractivity contribution is 0.140. The Morgan fingerprint density at radius 2 is 1.97 bits per heavy atom. The van der Waals surface area contributed by atoms with Gasteiger partial charge in [0.1, 0.15) is 28.7 Å². The van der Waals surface area contributed by atoms with Gasteiger partial charge in [0, 0.05) is 30.2 Å². The number of aromatic nitrogens is 4. The van der Waals surface area contributed by atoms with Crippen LogP contribution in [0.15, 0.2) is 24.4 Å². The van der Waals surface area contributed by atoms with Gasteiger partial charge >= 0.3 is 0 Å². The molecule has 3 aromatic heterocycles. The van der Waals surface area contributed by atoms with E-state index >= 15 is 4.39 Å². The number of fused-ring (bicyclic) bond motifs is 2. The van der Waals surface area contributed by atoms with Crippen LogP contribution in [0.25, 0.3) is 27.7 Å². The number of hydrogen-bond donors (Lipinski definition) is 1. The summed E-state index contributed by atoms with van der Waals surface area (Å²) in [5.41, 5.74) is 1.65. The first-order chi connectivity index (χ1) is 16.4. The van der Waals surface area contributed by atoms with Gasteiger partial charge in [-0.3, -0.25) is 4.98 Å². The summed E-state index contributed by atoms with van der Waals surface area (Å²) in [6.07, 6.45) is -0.104. The van der Waals surface area contributed by atoms with Crippen molar-refractivity contribution in [3.8, 4) is 17.2 Å². The van der Waals surface area contributed by atoms with Gasteiger partial charge in [-0.15, -0.1) is 0 Å². The lowest BCUT2D eigenvalue weighted by Gasteiger charge is -2.39. The molecule has 10 heteroatoms. The number of alkyl halides is 2. The Labute approximate surface area is 192 Å². The third-order valence-electron chi connectivity index (χ3n) is 6.60. The molecule has 1 N–H and O–H groups in total. The summed E-state index contributed by atoms with van der Waals surface area (Å²) >= 11 is 0. The number of aliphatic hydroxyl groups excluding tert-OH is 1. The van der Waals surface area contributed by atoms with Gasteiger partial charge in [0.2, 0.25) is 0 Å². The minimum atomic E-state index is -2.95. The van der Waals surface area contributed by atoms with Gasteiger partial charge < -0.3 is 10.0 Å². The van der Waals surface area contributed by atoms with Crippen LogP contribution in [0.5, 0.6) is 0 Å². The maximum atomic E-state index is 15.3. The number of nitrogens with zero attached hydrogens (tertiary/aromatic N) is 6. The lowest BCUT2D eigenvalue weighted by atomic mass is 9.96. The molecule has 0 unspecified atom stereocenters. The third-order valence-corrected chi connectivity index (χ3v) is 6.60. The standard InChI is InChI=1S/C24H19F3N6O/c1-11-18(15-6-7-29-20-16(15)5-4-14(19(20)25)12-2-3-12)24(32-9-13(34)10-32)33-23(30-11)17(8-28)21(31-33)22(26)27/h4-7,12-13,22,34H,2-3,9-10H2,1H3. The van der Waals surface area contributed by atoms with E-state index in [2.05, 4.69) is 15.1 Å². The maximum Gasteiger partial charge on any atom is 0.283 e. The molecule has 6 rings (SSSR count).